The first kappa shape index (κ1) is 22.3. The van der Waals surface area contributed by atoms with E-state index in [9.17, 15) is 14.4 Å². The van der Waals surface area contributed by atoms with Gasteiger partial charge in [0.15, 0.2) is 12.3 Å². The van der Waals surface area contributed by atoms with E-state index in [2.05, 4.69) is 25.8 Å². The van der Waals surface area contributed by atoms with Crippen molar-refractivity contribution in [3.05, 3.63) is 50.7 Å². The molecular weight excluding hydrogens is 372 g/mol. The van der Waals surface area contributed by atoms with Crippen molar-refractivity contribution < 1.29 is 9.53 Å². The number of aromatic nitrogens is 2. The summed E-state index contributed by atoms with van der Waals surface area (Å²) < 4.78 is 6.84. The van der Waals surface area contributed by atoms with Gasteiger partial charge in [0.25, 0.3) is 11.5 Å². The first-order valence-electron chi connectivity index (χ1n) is 9.68. The molecular formula is C21H30N4O4. The fourth-order valence-electron chi connectivity index (χ4n) is 2.86. The monoisotopic (exact) mass is 402 g/mol. The van der Waals surface area contributed by atoms with Crippen LogP contribution in [0.1, 0.15) is 46.1 Å². The van der Waals surface area contributed by atoms with Crippen LogP contribution >= 0.6 is 0 Å². The summed E-state index contributed by atoms with van der Waals surface area (Å²) in [6, 6.07) is 7.52. The highest BCUT2D eigenvalue weighted by atomic mass is 16.5. The Morgan fingerprint density at radius 2 is 1.83 bits per heavy atom. The minimum absolute atomic E-state index is 0.0218. The van der Waals surface area contributed by atoms with E-state index in [4.69, 9.17) is 10.5 Å². The number of anilines is 2. The van der Waals surface area contributed by atoms with Gasteiger partial charge in [-0.05, 0) is 29.5 Å². The molecule has 0 saturated carbocycles. The summed E-state index contributed by atoms with van der Waals surface area (Å²) in [5, 5.41) is 0. The van der Waals surface area contributed by atoms with Gasteiger partial charge in [-0.2, -0.15) is 0 Å². The molecule has 0 bridgehead atoms. The Labute approximate surface area is 170 Å². The number of hydrogen-bond acceptors (Lipinski definition) is 5. The number of carbonyl (C=O) groups excluding carboxylic acids is 1. The van der Waals surface area contributed by atoms with Crippen LogP contribution in [0.25, 0.3) is 0 Å². The first-order valence-corrected chi connectivity index (χ1v) is 9.68. The maximum atomic E-state index is 12.6. The van der Waals surface area contributed by atoms with Gasteiger partial charge in [-0.3, -0.25) is 19.1 Å². The Balaban J connectivity index is 2.16. The van der Waals surface area contributed by atoms with Gasteiger partial charge >= 0.3 is 5.69 Å². The smallest absolute Gasteiger partial charge is 0.330 e. The van der Waals surface area contributed by atoms with Crippen molar-refractivity contribution in [2.45, 2.75) is 52.5 Å². The number of nitrogen functional groups attached to an aromatic ring is 1. The normalized spacial score (nSPS) is 11.3. The molecule has 0 radical (unpaired) electrons. The lowest BCUT2D eigenvalue weighted by molar-refractivity contribution is -0.120. The molecule has 0 spiro atoms. The lowest BCUT2D eigenvalue weighted by Gasteiger charge is -2.21. The number of unbranched alkanes of at least 4 members (excludes halogenated alkanes) is 1. The standard InChI is InChI=1S/C21H30N4O4/c1-6-7-12-25-18(22)17(19(27)23-20(25)28)24(5)16(26)13-29-15-10-8-14(9-11-15)21(2,3)4/h8-11H,6-7,12-13,22H2,1-5H3,(H,23,27,28). The number of amides is 1. The second-order valence-electron chi connectivity index (χ2n) is 8.01. The average molecular weight is 402 g/mol. The topological polar surface area (TPSA) is 110 Å². The summed E-state index contributed by atoms with van der Waals surface area (Å²) >= 11 is 0. The zero-order valence-corrected chi connectivity index (χ0v) is 17.7. The molecule has 0 atom stereocenters. The van der Waals surface area contributed by atoms with Gasteiger partial charge in [-0.15, -0.1) is 0 Å². The maximum absolute atomic E-state index is 12.6. The second kappa shape index (κ2) is 8.98. The molecule has 0 unspecified atom stereocenters. The van der Waals surface area contributed by atoms with Crippen molar-refractivity contribution in [2.75, 3.05) is 24.3 Å². The lowest BCUT2D eigenvalue weighted by Crippen LogP contribution is -2.40. The molecule has 2 aromatic rings. The van der Waals surface area contributed by atoms with Crippen LogP contribution in [0, 0.1) is 0 Å². The molecule has 0 saturated heterocycles. The number of nitrogens with two attached hydrogens (primary N) is 1. The Kier molecular flexibility index (Phi) is 6.89. The highest BCUT2D eigenvalue weighted by Gasteiger charge is 2.21. The molecule has 8 nitrogen and oxygen atoms in total. The molecule has 1 aromatic heterocycles. The van der Waals surface area contributed by atoms with E-state index in [-0.39, 0.29) is 23.5 Å². The minimum Gasteiger partial charge on any atom is -0.484 e. The number of nitrogens with zero attached hydrogens (tertiary/aromatic N) is 2. The van der Waals surface area contributed by atoms with E-state index in [1.807, 2.05) is 19.1 Å². The SMILES string of the molecule is CCCCn1c(N)c(N(C)C(=O)COc2ccc(C(C)(C)C)cc2)c(=O)[nH]c1=O. The number of likely N-dealkylation sites (N-methyl/N-ethyl adjacent to an activating group) is 1. The Hall–Kier alpha value is -3.03. The number of hydrogen-bond donors (Lipinski definition) is 2. The molecule has 0 aliphatic heterocycles. The van der Waals surface area contributed by atoms with E-state index < -0.39 is 17.2 Å². The fraction of sp³-hybridized carbons (Fsp3) is 0.476. The third-order valence-electron chi connectivity index (χ3n) is 4.74. The van der Waals surface area contributed by atoms with E-state index >= 15 is 0 Å². The van der Waals surface area contributed by atoms with Crippen LogP contribution in [0.4, 0.5) is 11.5 Å². The molecule has 0 aliphatic rings. The molecule has 0 aliphatic carbocycles. The van der Waals surface area contributed by atoms with Crippen molar-refractivity contribution >= 4 is 17.4 Å². The van der Waals surface area contributed by atoms with Crippen LogP contribution in [-0.2, 0) is 16.8 Å². The predicted molar refractivity (Wildman–Crippen MR) is 115 cm³/mol. The maximum Gasteiger partial charge on any atom is 0.330 e. The Morgan fingerprint density at radius 3 is 2.38 bits per heavy atom. The molecule has 0 fully saturated rings. The van der Waals surface area contributed by atoms with Gasteiger partial charge in [0, 0.05) is 13.6 Å². The fourth-order valence-corrected chi connectivity index (χ4v) is 2.86. The van der Waals surface area contributed by atoms with Crippen molar-refractivity contribution in [1.29, 1.82) is 0 Å². The Bertz CT molecular complexity index is 968. The van der Waals surface area contributed by atoms with Crippen LogP contribution < -0.4 is 26.6 Å². The quantitative estimate of drug-likeness (QED) is 0.738. The van der Waals surface area contributed by atoms with E-state index in [0.29, 0.717) is 12.3 Å². The van der Waals surface area contributed by atoms with Gasteiger partial charge in [-0.25, -0.2) is 4.79 Å². The van der Waals surface area contributed by atoms with E-state index in [1.165, 1.54) is 11.6 Å². The van der Waals surface area contributed by atoms with Gasteiger partial charge in [0.2, 0.25) is 0 Å². The van der Waals surface area contributed by atoms with E-state index in [1.54, 1.807) is 12.1 Å². The van der Waals surface area contributed by atoms with Crippen LogP contribution in [0.3, 0.4) is 0 Å². The van der Waals surface area contributed by atoms with Crippen LogP contribution in [0.15, 0.2) is 33.9 Å². The molecule has 2 rings (SSSR count). The molecule has 1 aromatic carbocycles. The summed E-state index contributed by atoms with van der Waals surface area (Å²) in [7, 11) is 1.43. The number of nitrogens with one attached hydrogen (secondary N) is 1. The summed E-state index contributed by atoms with van der Waals surface area (Å²) in [5.41, 5.74) is 5.87. The lowest BCUT2D eigenvalue weighted by atomic mass is 9.87. The number of aromatic amines is 1. The minimum atomic E-state index is -0.703. The summed E-state index contributed by atoms with van der Waals surface area (Å²) in [4.78, 5) is 40.2. The number of H-pyrrole nitrogens is 1. The van der Waals surface area contributed by atoms with Crippen LogP contribution in [0.5, 0.6) is 5.75 Å². The number of benzene rings is 1. The highest BCUT2D eigenvalue weighted by molar-refractivity contribution is 5.96. The molecule has 158 valence electrons. The molecule has 1 amide bonds. The van der Waals surface area contributed by atoms with Crippen LogP contribution in [0.2, 0.25) is 0 Å². The Morgan fingerprint density at radius 1 is 1.21 bits per heavy atom. The third-order valence-corrected chi connectivity index (χ3v) is 4.74. The van der Waals surface area contributed by atoms with Crippen molar-refractivity contribution in [2.24, 2.45) is 0 Å². The predicted octanol–water partition coefficient (Wildman–Crippen LogP) is 2.26. The zero-order chi connectivity index (χ0) is 21.8. The first-order chi connectivity index (χ1) is 13.6. The number of carbonyl (C=O) groups is 1. The van der Waals surface area contributed by atoms with Crippen molar-refractivity contribution in [3.8, 4) is 5.75 Å². The number of ether oxygens (including phenoxy) is 1. The highest BCUT2D eigenvalue weighted by Crippen LogP contribution is 2.24. The molecule has 29 heavy (non-hydrogen) atoms. The summed E-state index contributed by atoms with van der Waals surface area (Å²) in [6.07, 6.45) is 1.58. The summed E-state index contributed by atoms with van der Waals surface area (Å²) in [5.74, 6) is 0.0647. The van der Waals surface area contributed by atoms with Gasteiger partial charge < -0.3 is 15.4 Å². The van der Waals surface area contributed by atoms with Crippen LogP contribution in [-0.4, -0.2) is 29.1 Å². The van der Waals surface area contributed by atoms with E-state index in [0.717, 1.165) is 23.3 Å². The second-order valence-corrected chi connectivity index (χ2v) is 8.01. The van der Waals surface area contributed by atoms with Crippen molar-refractivity contribution in [1.82, 2.24) is 9.55 Å². The van der Waals surface area contributed by atoms with Crippen molar-refractivity contribution in [3.63, 3.8) is 0 Å². The van der Waals surface area contributed by atoms with Gasteiger partial charge in [0.05, 0.1) is 0 Å². The molecule has 1 heterocycles. The molecule has 8 heteroatoms. The average Bonchev–Trinajstić information content (AvgIpc) is 2.65. The zero-order valence-electron chi connectivity index (χ0n) is 17.7. The van der Waals surface area contributed by atoms with Gasteiger partial charge in [0.1, 0.15) is 11.6 Å². The summed E-state index contributed by atoms with van der Waals surface area (Å²) in [6.45, 7) is 8.42. The van der Waals surface area contributed by atoms with Gasteiger partial charge in [-0.1, -0.05) is 46.2 Å². The molecule has 3 N–H and O–H groups in total. The third kappa shape index (κ3) is 5.28. The number of rotatable bonds is 7. The largest absolute Gasteiger partial charge is 0.484 e.